The molecule has 0 spiro atoms. The molecular weight excluding hydrogens is 233 g/mol. The molecule has 1 aliphatic rings. The normalized spacial score (nSPS) is 23.2. The second-order valence-corrected chi connectivity index (χ2v) is 4.78. The number of nitrogens with two attached hydrogens (primary N) is 1. The molecule has 5 heteroatoms. The van der Waals surface area contributed by atoms with Gasteiger partial charge < -0.3 is 16.0 Å². The number of hydrogen-bond acceptors (Lipinski definition) is 2. The summed E-state index contributed by atoms with van der Waals surface area (Å²) in [6.45, 7) is 3.26. The van der Waals surface area contributed by atoms with Gasteiger partial charge in [-0.05, 0) is 44.0 Å². The zero-order chi connectivity index (χ0) is 13.1. The van der Waals surface area contributed by atoms with Crippen LogP contribution in [0.2, 0.25) is 0 Å². The summed E-state index contributed by atoms with van der Waals surface area (Å²) in [5, 5.41) is 2.71. The van der Waals surface area contributed by atoms with E-state index >= 15 is 0 Å². The van der Waals surface area contributed by atoms with E-state index in [1.807, 2.05) is 6.92 Å². The Labute approximate surface area is 106 Å². The van der Waals surface area contributed by atoms with Gasteiger partial charge in [0.15, 0.2) is 0 Å². The van der Waals surface area contributed by atoms with E-state index in [1.54, 1.807) is 17.0 Å². The molecule has 1 aliphatic heterocycles. The molecule has 2 amide bonds. The Kier molecular flexibility index (Phi) is 3.81. The van der Waals surface area contributed by atoms with Crippen molar-refractivity contribution in [3.63, 3.8) is 0 Å². The maximum absolute atomic E-state index is 13.0. The van der Waals surface area contributed by atoms with Crippen LogP contribution in [0.1, 0.15) is 13.3 Å². The molecule has 4 nitrogen and oxygen atoms in total. The predicted molar refractivity (Wildman–Crippen MR) is 68.7 cm³/mol. The number of carbonyl (C=O) groups is 1. The molecule has 1 aromatic carbocycles. The molecule has 1 fully saturated rings. The number of carbonyl (C=O) groups excluding carboxylic acids is 1. The molecule has 98 valence electrons. The number of amides is 2. The van der Waals surface area contributed by atoms with E-state index in [2.05, 4.69) is 5.32 Å². The van der Waals surface area contributed by atoms with Crippen LogP contribution in [0, 0.1) is 11.7 Å². The molecule has 0 bridgehead atoms. The van der Waals surface area contributed by atoms with Crippen LogP contribution in [0.5, 0.6) is 0 Å². The molecule has 1 aromatic rings. The molecule has 0 saturated carbocycles. The lowest BCUT2D eigenvalue weighted by molar-refractivity contribution is 0.209. The van der Waals surface area contributed by atoms with Crippen LogP contribution >= 0.6 is 0 Å². The van der Waals surface area contributed by atoms with Gasteiger partial charge in [0, 0.05) is 18.3 Å². The Morgan fingerprint density at radius 3 is 3.00 bits per heavy atom. The van der Waals surface area contributed by atoms with Crippen molar-refractivity contribution in [3.8, 4) is 0 Å². The van der Waals surface area contributed by atoms with Crippen molar-refractivity contribution in [2.75, 3.05) is 18.4 Å². The Bertz CT molecular complexity index is 438. The van der Waals surface area contributed by atoms with Gasteiger partial charge >= 0.3 is 6.03 Å². The van der Waals surface area contributed by atoms with Crippen molar-refractivity contribution >= 4 is 11.7 Å². The lowest BCUT2D eigenvalue weighted by Crippen LogP contribution is -2.37. The van der Waals surface area contributed by atoms with Crippen LogP contribution in [0.4, 0.5) is 14.9 Å². The van der Waals surface area contributed by atoms with Gasteiger partial charge in [-0.3, -0.25) is 0 Å². The highest BCUT2D eigenvalue weighted by Crippen LogP contribution is 2.23. The molecule has 0 aliphatic carbocycles. The summed E-state index contributed by atoms with van der Waals surface area (Å²) in [5.41, 5.74) is 6.10. The topological polar surface area (TPSA) is 58.4 Å². The Hall–Kier alpha value is -1.62. The number of benzene rings is 1. The van der Waals surface area contributed by atoms with Gasteiger partial charge in [0.25, 0.3) is 0 Å². The summed E-state index contributed by atoms with van der Waals surface area (Å²) in [4.78, 5) is 13.8. The fourth-order valence-electron chi connectivity index (χ4n) is 2.36. The Morgan fingerprint density at radius 2 is 2.39 bits per heavy atom. The summed E-state index contributed by atoms with van der Waals surface area (Å²) < 4.78 is 13.0. The summed E-state index contributed by atoms with van der Waals surface area (Å²) in [6.07, 6.45) is 0.924. The third kappa shape index (κ3) is 2.79. The molecule has 1 heterocycles. The quantitative estimate of drug-likeness (QED) is 0.845. The van der Waals surface area contributed by atoms with Crippen molar-refractivity contribution < 1.29 is 9.18 Å². The first kappa shape index (κ1) is 12.8. The number of nitrogens with zero attached hydrogens (tertiary/aromatic N) is 1. The number of halogens is 1. The SMILES string of the molecule is CC1CC(CN)CN1C(=O)Nc1cccc(F)c1. The van der Waals surface area contributed by atoms with Crippen LogP contribution in [0.3, 0.4) is 0 Å². The highest BCUT2D eigenvalue weighted by atomic mass is 19.1. The number of likely N-dealkylation sites (tertiary alicyclic amines) is 1. The van der Waals surface area contributed by atoms with E-state index in [0.29, 0.717) is 24.7 Å². The third-order valence-electron chi connectivity index (χ3n) is 3.33. The van der Waals surface area contributed by atoms with Gasteiger partial charge in [0.05, 0.1) is 0 Å². The fraction of sp³-hybridized carbons (Fsp3) is 0.462. The summed E-state index contributed by atoms with van der Waals surface area (Å²) in [7, 11) is 0. The van der Waals surface area contributed by atoms with Crippen LogP contribution in [0.15, 0.2) is 24.3 Å². The van der Waals surface area contributed by atoms with Gasteiger partial charge in [-0.1, -0.05) is 6.07 Å². The number of hydrogen-bond donors (Lipinski definition) is 2. The molecule has 3 N–H and O–H groups in total. The zero-order valence-corrected chi connectivity index (χ0v) is 10.4. The van der Waals surface area contributed by atoms with Crippen molar-refractivity contribution in [2.24, 2.45) is 11.7 Å². The number of anilines is 1. The summed E-state index contributed by atoms with van der Waals surface area (Å²) in [6, 6.07) is 5.87. The van der Waals surface area contributed by atoms with E-state index < -0.39 is 0 Å². The largest absolute Gasteiger partial charge is 0.330 e. The molecule has 0 radical (unpaired) electrons. The second-order valence-electron chi connectivity index (χ2n) is 4.78. The minimum absolute atomic E-state index is 0.173. The van der Waals surface area contributed by atoms with Crippen LogP contribution < -0.4 is 11.1 Å². The van der Waals surface area contributed by atoms with Crippen molar-refractivity contribution in [1.82, 2.24) is 4.90 Å². The smallest absolute Gasteiger partial charge is 0.322 e. The predicted octanol–water partition coefficient (Wildman–Crippen LogP) is 2.03. The monoisotopic (exact) mass is 251 g/mol. The lowest BCUT2D eigenvalue weighted by Gasteiger charge is -2.22. The van der Waals surface area contributed by atoms with E-state index in [1.165, 1.54) is 12.1 Å². The first-order chi connectivity index (χ1) is 8.60. The lowest BCUT2D eigenvalue weighted by atomic mass is 10.1. The standard InChI is InChI=1S/C13H18FN3O/c1-9-5-10(7-15)8-17(9)13(18)16-12-4-2-3-11(14)6-12/h2-4,6,9-10H,5,7-8,15H2,1H3,(H,16,18). The first-order valence-electron chi connectivity index (χ1n) is 6.13. The van der Waals surface area contributed by atoms with Crippen molar-refractivity contribution in [3.05, 3.63) is 30.1 Å². The fourth-order valence-corrected chi connectivity index (χ4v) is 2.36. The molecule has 2 rings (SSSR count). The molecule has 2 atom stereocenters. The number of rotatable bonds is 2. The van der Waals surface area contributed by atoms with Crippen LogP contribution in [-0.2, 0) is 0 Å². The highest BCUT2D eigenvalue weighted by Gasteiger charge is 2.31. The van der Waals surface area contributed by atoms with E-state index in [0.717, 1.165) is 6.42 Å². The second kappa shape index (κ2) is 5.35. The number of nitrogens with one attached hydrogen (secondary N) is 1. The number of urea groups is 1. The van der Waals surface area contributed by atoms with Gasteiger partial charge in [0.2, 0.25) is 0 Å². The average Bonchev–Trinajstić information content (AvgIpc) is 2.70. The van der Waals surface area contributed by atoms with Gasteiger partial charge in [-0.15, -0.1) is 0 Å². The minimum Gasteiger partial charge on any atom is -0.330 e. The van der Waals surface area contributed by atoms with E-state index in [9.17, 15) is 9.18 Å². The highest BCUT2D eigenvalue weighted by molar-refractivity contribution is 5.89. The van der Waals surface area contributed by atoms with Gasteiger partial charge in [0.1, 0.15) is 5.82 Å². The summed E-state index contributed by atoms with van der Waals surface area (Å²) >= 11 is 0. The van der Waals surface area contributed by atoms with Gasteiger partial charge in [-0.2, -0.15) is 0 Å². The first-order valence-corrected chi connectivity index (χ1v) is 6.13. The maximum Gasteiger partial charge on any atom is 0.322 e. The van der Waals surface area contributed by atoms with E-state index in [4.69, 9.17) is 5.73 Å². The molecular formula is C13H18FN3O. The Balaban J connectivity index is 2.00. The van der Waals surface area contributed by atoms with E-state index in [-0.39, 0.29) is 17.9 Å². The molecule has 2 unspecified atom stereocenters. The molecule has 1 saturated heterocycles. The van der Waals surface area contributed by atoms with Gasteiger partial charge in [-0.25, -0.2) is 9.18 Å². The molecule has 0 aromatic heterocycles. The minimum atomic E-state index is -0.359. The maximum atomic E-state index is 13.0. The van der Waals surface area contributed by atoms with Crippen LogP contribution in [0.25, 0.3) is 0 Å². The summed E-state index contributed by atoms with van der Waals surface area (Å²) in [5.74, 6) is 0.000338. The van der Waals surface area contributed by atoms with Crippen molar-refractivity contribution in [2.45, 2.75) is 19.4 Å². The van der Waals surface area contributed by atoms with Crippen LogP contribution in [-0.4, -0.2) is 30.1 Å². The third-order valence-corrected chi connectivity index (χ3v) is 3.33. The molecule has 18 heavy (non-hydrogen) atoms. The Morgan fingerprint density at radius 1 is 1.61 bits per heavy atom. The van der Waals surface area contributed by atoms with Crippen molar-refractivity contribution in [1.29, 1.82) is 0 Å². The zero-order valence-electron chi connectivity index (χ0n) is 10.4. The average molecular weight is 251 g/mol.